The Hall–Kier alpha value is -2.77. The molecule has 2 aliphatic rings. The van der Waals surface area contributed by atoms with Gasteiger partial charge in [0.05, 0.1) is 11.4 Å². The highest BCUT2D eigenvalue weighted by Gasteiger charge is 2.34. The topological polar surface area (TPSA) is 52.7 Å². The predicted octanol–water partition coefficient (Wildman–Crippen LogP) is 4.22. The Balaban J connectivity index is 1.67. The summed E-state index contributed by atoms with van der Waals surface area (Å²) in [4.78, 5) is 28.7. The van der Waals surface area contributed by atoms with Crippen LogP contribution in [0, 0.1) is 12.7 Å². The van der Waals surface area contributed by atoms with Gasteiger partial charge in [-0.3, -0.25) is 19.8 Å². The van der Waals surface area contributed by atoms with Crippen LogP contribution in [-0.4, -0.2) is 30.0 Å². The fourth-order valence-corrected chi connectivity index (χ4v) is 4.06. The molecule has 2 aromatic rings. The number of hydrogen-bond acceptors (Lipinski definition) is 4. The van der Waals surface area contributed by atoms with Crippen LogP contribution < -0.4 is 15.1 Å². The molecule has 2 heterocycles. The first-order valence-electron chi connectivity index (χ1n) is 9.57. The molecule has 0 aromatic heterocycles. The van der Waals surface area contributed by atoms with Gasteiger partial charge in [-0.15, -0.1) is 0 Å². The summed E-state index contributed by atoms with van der Waals surface area (Å²) in [5.74, 6) is -1.59. The highest BCUT2D eigenvalue weighted by atomic mass is 35.5. The van der Waals surface area contributed by atoms with E-state index < -0.39 is 11.8 Å². The van der Waals surface area contributed by atoms with E-state index in [0.717, 1.165) is 31.5 Å². The van der Waals surface area contributed by atoms with Crippen LogP contribution in [0.4, 0.5) is 15.8 Å². The molecule has 0 radical (unpaired) electrons. The third kappa shape index (κ3) is 3.82. The van der Waals surface area contributed by atoms with Crippen LogP contribution >= 0.6 is 23.8 Å². The molecule has 4 rings (SSSR count). The minimum atomic E-state index is -0.622. The van der Waals surface area contributed by atoms with Crippen molar-refractivity contribution in [1.29, 1.82) is 0 Å². The van der Waals surface area contributed by atoms with E-state index in [1.165, 1.54) is 17.0 Å². The molecule has 2 aromatic carbocycles. The van der Waals surface area contributed by atoms with E-state index >= 15 is 0 Å². The second-order valence-corrected chi connectivity index (χ2v) is 8.09. The molecule has 1 N–H and O–H groups in total. The molecular weight excluding hydrogens is 425 g/mol. The number of carbonyl (C=O) groups excluding carboxylic acids is 2. The number of halogens is 2. The Morgan fingerprint density at radius 1 is 1.13 bits per heavy atom. The van der Waals surface area contributed by atoms with Crippen molar-refractivity contribution in [3.8, 4) is 0 Å². The van der Waals surface area contributed by atoms with Gasteiger partial charge in [-0.2, -0.15) is 0 Å². The number of hydrogen-bond donors (Lipinski definition) is 1. The second kappa shape index (κ2) is 8.16. The van der Waals surface area contributed by atoms with Crippen molar-refractivity contribution in [2.45, 2.75) is 19.8 Å². The number of nitrogens with one attached hydrogen (secondary N) is 1. The Labute approximate surface area is 184 Å². The third-order valence-electron chi connectivity index (χ3n) is 5.24. The first-order chi connectivity index (χ1) is 14.3. The van der Waals surface area contributed by atoms with Crippen molar-refractivity contribution >= 4 is 58.2 Å². The molecule has 30 heavy (non-hydrogen) atoms. The largest absolute Gasteiger partial charge is 0.369 e. The summed E-state index contributed by atoms with van der Waals surface area (Å²) < 4.78 is 14.6. The summed E-state index contributed by atoms with van der Waals surface area (Å²) >= 11 is 11.4. The van der Waals surface area contributed by atoms with Crippen LogP contribution in [0.15, 0.2) is 42.0 Å². The van der Waals surface area contributed by atoms with Gasteiger partial charge < -0.3 is 4.90 Å². The average Bonchev–Trinajstić information content (AvgIpc) is 3.22. The smallest absolute Gasteiger partial charge is 0.270 e. The lowest BCUT2D eigenvalue weighted by Gasteiger charge is -2.29. The van der Waals surface area contributed by atoms with Gasteiger partial charge in [-0.05, 0) is 73.5 Å². The van der Waals surface area contributed by atoms with E-state index in [-0.39, 0.29) is 16.5 Å². The number of rotatable bonds is 3. The Kier molecular flexibility index (Phi) is 5.58. The monoisotopic (exact) mass is 443 g/mol. The van der Waals surface area contributed by atoms with Crippen LogP contribution in [0.3, 0.4) is 0 Å². The molecule has 0 bridgehead atoms. The van der Waals surface area contributed by atoms with Gasteiger partial charge in [-0.25, -0.2) is 4.39 Å². The predicted molar refractivity (Wildman–Crippen MR) is 120 cm³/mol. The lowest BCUT2D eigenvalue weighted by molar-refractivity contribution is -0.122. The van der Waals surface area contributed by atoms with Gasteiger partial charge in [0.25, 0.3) is 11.8 Å². The lowest BCUT2D eigenvalue weighted by atomic mass is 10.1. The molecule has 0 unspecified atom stereocenters. The van der Waals surface area contributed by atoms with Gasteiger partial charge in [0.15, 0.2) is 5.11 Å². The van der Waals surface area contributed by atoms with Crippen LogP contribution in [-0.2, 0) is 9.59 Å². The lowest BCUT2D eigenvalue weighted by Crippen LogP contribution is -2.54. The maximum atomic E-state index is 14.6. The summed E-state index contributed by atoms with van der Waals surface area (Å²) in [7, 11) is 0. The van der Waals surface area contributed by atoms with Crippen LogP contribution in [0.5, 0.6) is 0 Å². The van der Waals surface area contributed by atoms with Crippen LogP contribution in [0.1, 0.15) is 24.0 Å². The Morgan fingerprint density at radius 2 is 1.87 bits per heavy atom. The fraction of sp³-hybridized carbons (Fsp3) is 0.227. The zero-order valence-electron chi connectivity index (χ0n) is 16.2. The van der Waals surface area contributed by atoms with Gasteiger partial charge in [0.2, 0.25) is 0 Å². The summed E-state index contributed by atoms with van der Waals surface area (Å²) in [5.41, 5.74) is 2.12. The standard InChI is InChI=1S/C22H19ClFN3O2S/c1-13-4-6-15(12-17(13)23)27-21(29)16(20(28)25-22(27)30)10-14-5-7-19(18(24)11-14)26-8-2-3-9-26/h4-7,10-12H,2-3,8-9H2,1H3,(H,25,28,30)/b16-10+. The highest BCUT2D eigenvalue weighted by molar-refractivity contribution is 7.80. The zero-order chi connectivity index (χ0) is 21.4. The number of anilines is 2. The maximum absolute atomic E-state index is 14.6. The summed E-state index contributed by atoms with van der Waals surface area (Å²) in [6.45, 7) is 3.49. The molecular formula is C22H19ClFN3O2S. The van der Waals surface area contributed by atoms with Crippen LogP contribution in [0.2, 0.25) is 5.02 Å². The molecule has 8 heteroatoms. The van der Waals surface area contributed by atoms with Gasteiger partial charge in [-0.1, -0.05) is 23.7 Å². The number of aryl methyl sites for hydroxylation is 1. The van der Waals surface area contributed by atoms with E-state index in [1.807, 2.05) is 11.8 Å². The first-order valence-corrected chi connectivity index (χ1v) is 10.4. The fourth-order valence-electron chi connectivity index (χ4n) is 3.61. The van der Waals surface area contributed by atoms with Crippen molar-refractivity contribution in [2.24, 2.45) is 0 Å². The normalized spacial score (nSPS) is 18.4. The molecule has 5 nitrogen and oxygen atoms in total. The molecule has 0 spiro atoms. The summed E-state index contributed by atoms with van der Waals surface area (Å²) in [6, 6.07) is 9.79. The maximum Gasteiger partial charge on any atom is 0.270 e. The highest BCUT2D eigenvalue weighted by Crippen LogP contribution is 2.28. The number of carbonyl (C=O) groups is 2. The zero-order valence-corrected chi connectivity index (χ0v) is 17.8. The number of thiocarbonyl (C=S) groups is 1. The van der Waals surface area contributed by atoms with E-state index in [4.69, 9.17) is 23.8 Å². The Bertz CT molecular complexity index is 1100. The summed E-state index contributed by atoms with van der Waals surface area (Å²) in [5, 5.41) is 2.96. The molecule has 2 saturated heterocycles. The molecule has 0 atom stereocenters. The third-order valence-corrected chi connectivity index (χ3v) is 5.94. The molecule has 0 saturated carbocycles. The van der Waals surface area contributed by atoms with Gasteiger partial charge in [0, 0.05) is 18.1 Å². The van der Waals surface area contributed by atoms with E-state index in [0.29, 0.717) is 22.0 Å². The molecule has 154 valence electrons. The van der Waals surface area contributed by atoms with Crippen molar-refractivity contribution in [1.82, 2.24) is 5.32 Å². The number of benzene rings is 2. The first kappa shape index (κ1) is 20.5. The van der Waals surface area contributed by atoms with E-state index in [9.17, 15) is 14.0 Å². The van der Waals surface area contributed by atoms with E-state index in [2.05, 4.69) is 5.32 Å². The minimum Gasteiger partial charge on any atom is -0.369 e. The molecule has 0 aliphatic carbocycles. The van der Waals surface area contributed by atoms with Gasteiger partial charge in [0.1, 0.15) is 11.4 Å². The van der Waals surface area contributed by atoms with Crippen molar-refractivity contribution < 1.29 is 14.0 Å². The molecule has 2 amide bonds. The number of amides is 2. The quantitative estimate of drug-likeness (QED) is 0.438. The SMILES string of the molecule is Cc1ccc(N2C(=O)/C(=C/c3ccc(N4CCCC4)c(F)c3)C(=O)NC2=S)cc1Cl. The van der Waals surface area contributed by atoms with Gasteiger partial charge >= 0.3 is 0 Å². The second-order valence-electron chi connectivity index (χ2n) is 7.30. The van der Waals surface area contributed by atoms with Crippen molar-refractivity contribution in [3.63, 3.8) is 0 Å². The van der Waals surface area contributed by atoms with Crippen molar-refractivity contribution in [2.75, 3.05) is 22.9 Å². The molecule has 2 fully saturated rings. The summed E-state index contributed by atoms with van der Waals surface area (Å²) in [6.07, 6.45) is 3.45. The van der Waals surface area contributed by atoms with E-state index in [1.54, 1.807) is 30.3 Å². The average molecular weight is 444 g/mol. The molecule has 2 aliphatic heterocycles. The van der Waals surface area contributed by atoms with Crippen LogP contribution in [0.25, 0.3) is 6.08 Å². The van der Waals surface area contributed by atoms with Crippen molar-refractivity contribution in [3.05, 3.63) is 63.9 Å². The number of nitrogens with zero attached hydrogens (tertiary/aromatic N) is 2. The minimum absolute atomic E-state index is 0.0300. The Morgan fingerprint density at radius 3 is 2.53 bits per heavy atom.